The first-order chi connectivity index (χ1) is 6.29. The molecule has 0 saturated carbocycles. The summed E-state index contributed by atoms with van der Waals surface area (Å²) in [4.78, 5) is 0. The average molecular weight is 175 g/mol. The van der Waals surface area contributed by atoms with Crippen LogP contribution in [0.15, 0.2) is 30.2 Å². The first kappa shape index (κ1) is 8.17. The molecular formula is C11H13NO. The van der Waals surface area contributed by atoms with Crippen LogP contribution in [0.3, 0.4) is 0 Å². The zero-order valence-electron chi connectivity index (χ0n) is 7.67. The Morgan fingerprint density at radius 3 is 3.00 bits per heavy atom. The van der Waals surface area contributed by atoms with Crippen LogP contribution in [0.4, 0.5) is 5.69 Å². The van der Waals surface area contributed by atoms with Crippen LogP contribution in [-0.2, 0) is 6.42 Å². The van der Waals surface area contributed by atoms with Gasteiger partial charge in [0.15, 0.2) is 0 Å². The summed E-state index contributed by atoms with van der Waals surface area (Å²) in [6.07, 6.45) is 3.06. The molecule has 0 radical (unpaired) electrons. The van der Waals surface area contributed by atoms with Gasteiger partial charge in [0.2, 0.25) is 0 Å². The highest BCUT2D eigenvalue weighted by atomic mass is 16.2. The molecule has 2 heteroatoms. The molecule has 0 fully saturated rings. The number of benzene rings is 1. The van der Waals surface area contributed by atoms with Gasteiger partial charge in [0, 0.05) is 5.69 Å². The maximum atomic E-state index is 8.86. The fourth-order valence-corrected chi connectivity index (χ4v) is 1.63. The topological polar surface area (TPSA) is 32.3 Å². The molecule has 0 saturated heterocycles. The van der Waals surface area contributed by atoms with Crippen molar-refractivity contribution in [3.8, 4) is 0 Å². The quantitative estimate of drug-likeness (QED) is 0.594. The van der Waals surface area contributed by atoms with Gasteiger partial charge in [-0.1, -0.05) is 12.1 Å². The summed E-state index contributed by atoms with van der Waals surface area (Å²) < 4.78 is 0. The van der Waals surface area contributed by atoms with Gasteiger partial charge in [-0.05, 0) is 37.0 Å². The normalized spacial score (nSPS) is 18.1. The van der Waals surface area contributed by atoms with Crippen molar-refractivity contribution in [1.29, 1.82) is 0 Å². The monoisotopic (exact) mass is 175 g/mol. The van der Waals surface area contributed by atoms with Gasteiger partial charge in [-0.25, -0.2) is 0 Å². The number of anilines is 1. The third kappa shape index (κ3) is 1.52. The molecule has 0 spiro atoms. The van der Waals surface area contributed by atoms with Crippen molar-refractivity contribution in [3.63, 3.8) is 0 Å². The molecule has 2 rings (SSSR count). The maximum absolute atomic E-state index is 8.86. The van der Waals surface area contributed by atoms with Gasteiger partial charge in [-0.2, -0.15) is 0 Å². The fraction of sp³-hybridized carbons (Fsp3) is 0.273. The Morgan fingerprint density at radius 1 is 1.38 bits per heavy atom. The van der Waals surface area contributed by atoms with E-state index in [-0.39, 0.29) is 0 Å². The van der Waals surface area contributed by atoms with E-state index in [1.165, 1.54) is 11.1 Å². The Hall–Kier alpha value is -1.44. The predicted octanol–water partition coefficient (Wildman–Crippen LogP) is 2.75. The van der Waals surface area contributed by atoms with E-state index in [0.717, 1.165) is 30.5 Å². The molecule has 68 valence electrons. The van der Waals surface area contributed by atoms with Gasteiger partial charge >= 0.3 is 0 Å². The minimum Gasteiger partial charge on any atom is -0.514 e. The minimum atomic E-state index is 0.895. The van der Waals surface area contributed by atoms with E-state index in [4.69, 9.17) is 5.11 Å². The predicted molar refractivity (Wildman–Crippen MR) is 53.8 cm³/mol. The van der Waals surface area contributed by atoms with E-state index in [2.05, 4.69) is 30.4 Å². The number of aliphatic hydroxyl groups is 1. The second-order valence-electron chi connectivity index (χ2n) is 3.44. The number of nitrogens with one attached hydrogen (secondary N) is 1. The molecule has 0 aliphatic carbocycles. The number of hydrogen-bond donors (Lipinski definition) is 2. The largest absolute Gasteiger partial charge is 0.514 e. The van der Waals surface area contributed by atoms with Gasteiger partial charge < -0.3 is 10.4 Å². The van der Waals surface area contributed by atoms with Crippen LogP contribution in [0, 0.1) is 6.92 Å². The number of aliphatic hydroxyl groups excluding tert-OH is 1. The van der Waals surface area contributed by atoms with Crippen LogP contribution in [0.1, 0.15) is 17.5 Å². The standard InChI is InChI=1S/C11H13NO/c1-8-2-3-9-4-5-10(7-13)12-11(9)6-8/h2-3,6-7,12-13H,4-5H2,1H3. The van der Waals surface area contributed by atoms with Crippen LogP contribution in [-0.4, -0.2) is 5.11 Å². The highest BCUT2D eigenvalue weighted by Crippen LogP contribution is 2.26. The molecule has 1 aliphatic heterocycles. The number of allylic oxidation sites excluding steroid dienone is 1. The summed E-state index contributed by atoms with van der Waals surface area (Å²) >= 11 is 0. The molecule has 1 aromatic carbocycles. The number of fused-ring (bicyclic) bond motifs is 1. The molecule has 1 heterocycles. The maximum Gasteiger partial charge on any atom is 0.0984 e. The first-order valence-electron chi connectivity index (χ1n) is 4.49. The van der Waals surface area contributed by atoms with Crippen LogP contribution in [0.2, 0.25) is 0 Å². The van der Waals surface area contributed by atoms with Crippen LogP contribution in [0.25, 0.3) is 0 Å². The van der Waals surface area contributed by atoms with E-state index in [9.17, 15) is 0 Å². The molecule has 0 atom stereocenters. The van der Waals surface area contributed by atoms with Gasteiger partial charge in [-0.15, -0.1) is 0 Å². The van der Waals surface area contributed by atoms with E-state index < -0.39 is 0 Å². The Kier molecular flexibility index (Phi) is 1.97. The lowest BCUT2D eigenvalue weighted by molar-refractivity contribution is 0.464. The number of aryl methyl sites for hydroxylation is 2. The second kappa shape index (κ2) is 3.13. The van der Waals surface area contributed by atoms with Gasteiger partial charge in [0.25, 0.3) is 0 Å². The Labute approximate surface area is 77.9 Å². The highest BCUT2D eigenvalue weighted by molar-refractivity contribution is 5.58. The van der Waals surface area contributed by atoms with Crippen molar-refractivity contribution >= 4 is 5.69 Å². The summed E-state index contributed by atoms with van der Waals surface area (Å²) in [6, 6.07) is 6.37. The van der Waals surface area contributed by atoms with E-state index in [0.29, 0.717) is 0 Å². The van der Waals surface area contributed by atoms with E-state index in [1.54, 1.807) is 0 Å². The van der Waals surface area contributed by atoms with E-state index >= 15 is 0 Å². The SMILES string of the molecule is Cc1ccc2c(c1)NC(=CO)CC2. The van der Waals surface area contributed by atoms with Crippen molar-refractivity contribution < 1.29 is 5.11 Å². The number of hydrogen-bond acceptors (Lipinski definition) is 2. The summed E-state index contributed by atoms with van der Waals surface area (Å²) in [5.41, 5.74) is 4.60. The summed E-state index contributed by atoms with van der Waals surface area (Å²) in [5, 5.41) is 12.1. The summed E-state index contributed by atoms with van der Waals surface area (Å²) in [7, 11) is 0. The molecule has 2 N–H and O–H groups in total. The lowest BCUT2D eigenvalue weighted by Crippen LogP contribution is -2.10. The third-order valence-corrected chi connectivity index (χ3v) is 2.38. The second-order valence-corrected chi connectivity index (χ2v) is 3.44. The van der Waals surface area contributed by atoms with Crippen LogP contribution >= 0.6 is 0 Å². The Bertz CT molecular complexity index is 355. The van der Waals surface area contributed by atoms with Crippen LogP contribution in [0.5, 0.6) is 0 Å². The zero-order valence-corrected chi connectivity index (χ0v) is 7.67. The van der Waals surface area contributed by atoms with E-state index in [1.807, 2.05) is 0 Å². The smallest absolute Gasteiger partial charge is 0.0984 e. The molecule has 0 bridgehead atoms. The molecular weight excluding hydrogens is 162 g/mol. The van der Waals surface area contributed by atoms with Crippen molar-refractivity contribution in [1.82, 2.24) is 0 Å². The molecule has 0 amide bonds. The van der Waals surface area contributed by atoms with Gasteiger partial charge in [0.05, 0.1) is 12.0 Å². The molecule has 0 unspecified atom stereocenters. The van der Waals surface area contributed by atoms with Crippen molar-refractivity contribution in [3.05, 3.63) is 41.3 Å². The van der Waals surface area contributed by atoms with Crippen LogP contribution < -0.4 is 5.32 Å². The zero-order chi connectivity index (χ0) is 9.26. The van der Waals surface area contributed by atoms with Crippen molar-refractivity contribution in [2.45, 2.75) is 19.8 Å². The fourth-order valence-electron chi connectivity index (χ4n) is 1.63. The molecule has 1 aliphatic rings. The molecule has 1 aromatic rings. The lowest BCUT2D eigenvalue weighted by Gasteiger charge is -2.20. The van der Waals surface area contributed by atoms with Crippen molar-refractivity contribution in [2.75, 3.05) is 5.32 Å². The molecule has 2 nitrogen and oxygen atoms in total. The van der Waals surface area contributed by atoms with Gasteiger partial charge in [-0.3, -0.25) is 0 Å². The lowest BCUT2D eigenvalue weighted by atomic mass is 10.0. The Balaban J connectivity index is 2.38. The highest BCUT2D eigenvalue weighted by Gasteiger charge is 2.11. The van der Waals surface area contributed by atoms with Crippen molar-refractivity contribution in [2.24, 2.45) is 0 Å². The number of rotatable bonds is 0. The third-order valence-electron chi connectivity index (χ3n) is 2.38. The summed E-state index contributed by atoms with van der Waals surface area (Å²) in [5.74, 6) is 0. The minimum absolute atomic E-state index is 0.895. The molecule has 0 aromatic heterocycles. The summed E-state index contributed by atoms with van der Waals surface area (Å²) in [6.45, 7) is 2.07. The first-order valence-corrected chi connectivity index (χ1v) is 4.49. The molecule has 13 heavy (non-hydrogen) atoms. The Morgan fingerprint density at radius 2 is 2.23 bits per heavy atom. The average Bonchev–Trinajstić information content (AvgIpc) is 2.16. The van der Waals surface area contributed by atoms with Gasteiger partial charge in [0.1, 0.15) is 0 Å².